The van der Waals surface area contributed by atoms with Crippen LogP contribution >= 0.6 is 0 Å². The van der Waals surface area contributed by atoms with Crippen LogP contribution in [-0.4, -0.2) is 6.04 Å². The Hall–Kier alpha value is -1.38. The van der Waals surface area contributed by atoms with E-state index in [2.05, 4.69) is 12.2 Å². The Labute approximate surface area is 110 Å². The Morgan fingerprint density at radius 2 is 1.83 bits per heavy atom. The first-order chi connectivity index (χ1) is 8.69. The highest BCUT2D eigenvalue weighted by molar-refractivity contribution is 5.69. The van der Waals surface area contributed by atoms with Crippen LogP contribution in [0.4, 0.5) is 17.1 Å². The highest BCUT2D eigenvalue weighted by atomic mass is 14.9. The summed E-state index contributed by atoms with van der Waals surface area (Å²) in [5.41, 5.74) is 14.0. The van der Waals surface area contributed by atoms with E-state index in [1.54, 1.807) is 0 Å². The van der Waals surface area contributed by atoms with E-state index in [-0.39, 0.29) is 0 Å². The van der Waals surface area contributed by atoms with Gasteiger partial charge in [-0.3, -0.25) is 0 Å². The van der Waals surface area contributed by atoms with E-state index < -0.39 is 0 Å². The first kappa shape index (κ1) is 13.1. The smallest absolute Gasteiger partial charge is 0.0568 e. The van der Waals surface area contributed by atoms with Gasteiger partial charge in [0.2, 0.25) is 0 Å². The SMILES string of the molecule is CCCC1CCC(Nc2ccc(N)c(N)c2)CC1. The van der Waals surface area contributed by atoms with Gasteiger partial charge in [0.1, 0.15) is 0 Å². The second-order valence-electron chi connectivity index (χ2n) is 5.49. The van der Waals surface area contributed by atoms with Crippen LogP contribution in [0.2, 0.25) is 0 Å². The molecule has 18 heavy (non-hydrogen) atoms. The van der Waals surface area contributed by atoms with Crippen molar-refractivity contribution in [2.45, 2.75) is 51.5 Å². The van der Waals surface area contributed by atoms with Crippen molar-refractivity contribution in [3.63, 3.8) is 0 Å². The lowest BCUT2D eigenvalue weighted by molar-refractivity contribution is 0.319. The Balaban J connectivity index is 1.85. The van der Waals surface area contributed by atoms with E-state index in [0.29, 0.717) is 17.4 Å². The summed E-state index contributed by atoms with van der Waals surface area (Å²) in [5, 5.41) is 3.58. The molecular formula is C15H25N3. The molecule has 1 saturated carbocycles. The summed E-state index contributed by atoms with van der Waals surface area (Å²) >= 11 is 0. The molecule has 0 heterocycles. The third-order valence-electron chi connectivity index (χ3n) is 4.00. The first-order valence-electron chi connectivity index (χ1n) is 7.10. The standard InChI is InChI=1S/C15H25N3/c1-2-3-11-4-6-12(7-5-11)18-13-8-9-14(16)15(17)10-13/h8-12,18H,2-7,16-17H2,1H3. The molecule has 0 spiro atoms. The van der Waals surface area contributed by atoms with Crippen LogP contribution < -0.4 is 16.8 Å². The van der Waals surface area contributed by atoms with Gasteiger partial charge in [0.05, 0.1) is 11.4 Å². The molecule has 3 heteroatoms. The second-order valence-corrected chi connectivity index (χ2v) is 5.49. The molecule has 1 aromatic rings. The number of hydrogen-bond donors (Lipinski definition) is 3. The van der Waals surface area contributed by atoms with Crippen LogP contribution in [0.1, 0.15) is 45.4 Å². The zero-order valence-electron chi connectivity index (χ0n) is 11.3. The van der Waals surface area contributed by atoms with E-state index in [1.807, 2.05) is 18.2 Å². The van der Waals surface area contributed by atoms with Crippen LogP contribution in [-0.2, 0) is 0 Å². The molecule has 0 aliphatic heterocycles. The minimum absolute atomic E-state index is 0.598. The predicted molar refractivity (Wildman–Crippen MR) is 79.5 cm³/mol. The van der Waals surface area contributed by atoms with E-state index in [9.17, 15) is 0 Å². The van der Waals surface area contributed by atoms with Gasteiger partial charge < -0.3 is 16.8 Å². The monoisotopic (exact) mass is 247 g/mol. The van der Waals surface area contributed by atoms with Gasteiger partial charge in [-0.05, 0) is 49.8 Å². The molecule has 0 bridgehead atoms. The summed E-state index contributed by atoms with van der Waals surface area (Å²) in [6.45, 7) is 2.28. The molecule has 5 N–H and O–H groups in total. The topological polar surface area (TPSA) is 64.1 Å². The molecular weight excluding hydrogens is 222 g/mol. The van der Waals surface area contributed by atoms with E-state index in [0.717, 1.165) is 11.6 Å². The van der Waals surface area contributed by atoms with Gasteiger partial charge in [0.15, 0.2) is 0 Å². The lowest BCUT2D eigenvalue weighted by atomic mass is 9.83. The molecule has 0 amide bonds. The Bertz CT molecular complexity index is 381. The van der Waals surface area contributed by atoms with Crippen molar-refractivity contribution in [1.82, 2.24) is 0 Å². The summed E-state index contributed by atoms with van der Waals surface area (Å²) in [4.78, 5) is 0. The number of anilines is 3. The molecule has 1 aliphatic carbocycles. The third kappa shape index (κ3) is 3.31. The number of hydrogen-bond acceptors (Lipinski definition) is 3. The highest BCUT2D eigenvalue weighted by Gasteiger charge is 2.20. The zero-order valence-corrected chi connectivity index (χ0v) is 11.3. The molecule has 100 valence electrons. The van der Waals surface area contributed by atoms with E-state index >= 15 is 0 Å². The molecule has 0 saturated heterocycles. The Morgan fingerprint density at radius 3 is 2.44 bits per heavy atom. The van der Waals surface area contributed by atoms with Crippen LogP contribution in [0.5, 0.6) is 0 Å². The fourth-order valence-electron chi connectivity index (χ4n) is 2.90. The third-order valence-corrected chi connectivity index (χ3v) is 4.00. The maximum absolute atomic E-state index is 5.82. The first-order valence-corrected chi connectivity index (χ1v) is 7.10. The van der Waals surface area contributed by atoms with Crippen LogP contribution in [0.25, 0.3) is 0 Å². The minimum Gasteiger partial charge on any atom is -0.397 e. The van der Waals surface area contributed by atoms with Gasteiger partial charge in [-0.25, -0.2) is 0 Å². The molecule has 0 unspecified atom stereocenters. The van der Waals surface area contributed by atoms with Crippen molar-refractivity contribution in [3.8, 4) is 0 Å². The molecule has 2 rings (SSSR count). The van der Waals surface area contributed by atoms with Gasteiger partial charge in [-0.1, -0.05) is 19.8 Å². The summed E-state index contributed by atoms with van der Waals surface area (Å²) in [6.07, 6.45) is 7.97. The molecule has 1 aromatic carbocycles. The number of rotatable bonds is 4. The van der Waals surface area contributed by atoms with Gasteiger partial charge in [0.25, 0.3) is 0 Å². The second kappa shape index (κ2) is 5.98. The number of benzene rings is 1. The average Bonchev–Trinajstić information content (AvgIpc) is 2.37. The van der Waals surface area contributed by atoms with Crippen molar-refractivity contribution in [3.05, 3.63) is 18.2 Å². The summed E-state index contributed by atoms with van der Waals surface area (Å²) in [5.74, 6) is 0.949. The minimum atomic E-state index is 0.598. The Kier molecular flexibility index (Phi) is 4.34. The van der Waals surface area contributed by atoms with Crippen molar-refractivity contribution < 1.29 is 0 Å². The van der Waals surface area contributed by atoms with Crippen molar-refractivity contribution >= 4 is 17.1 Å². The number of nitrogen functional groups attached to an aromatic ring is 2. The van der Waals surface area contributed by atoms with Gasteiger partial charge in [-0.15, -0.1) is 0 Å². The lowest BCUT2D eigenvalue weighted by Crippen LogP contribution is -2.26. The normalized spacial score (nSPS) is 23.8. The summed E-state index contributed by atoms with van der Waals surface area (Å²) in [7, 11) is 0. The quantitative estimate of drug-likeness (QED) is 0.712. The largest absolute Gasteiger partial charge is 0.397 e. The number of nitrogens with one attached hydrogen (secondary N) is 1. The van der Waals surface area contributed by atoms with Gasteiger partial charge in [0, 0.05) is 11.7 Å². The predicted octanol–water partition coefficient (Wildman–Crippen LogP) is 3.62. The fraction of sp³-hybridized carbons (Fsp3) is 0.600. The van der Waals surface area contributed by atoms with Crippen molar-refractivity contribution in [2.75, 3.05) is 16.8 Å². The van der Waals surface area contributed by atoms with Crippen LogP contribution in [0, 0.1) is 5.92 Å². The molecule has 1 aliphatic rings. The summed E-state index contributed by atoms with van der Waals surface area (Å²) < 4.78 is 0. The lowest BCUT2D eigenvalue weighted by Gasteiger charge is -2.29. The van der Waals surface area contributed by atoms with Crippen LogP contribution in [0.15, 0.2) is 18.2 Å². The zero-order chi connectivity index (χ0) is 13.0. The average molecular weight is 247 g/mol. The maximum Gasteiger partial charge on any atom is 0.0568 e. The molecule has 1 fully saturated rings. The van der Waals surface area contributed by atoms with Crippen molar-refractivity contribution in [1.29, 1.82) is 0 Å². The van der Waals surface area contributed by atoms with E-state index in [1.165, 1.54) is 38.5 Å². The van der Waals surface area contributed by atoms with Gasteiger partial charge in [-0.2, -0.15) is 0 Å². The number of nitrogens with two attached hydrogens (primary N) is 2. The van der Waals surface area contributed by atoms with Gasteiger partial charge >= 0.3 is 0 Å². The van der Waals surface area contributed by atoms with Crippen LogP contribution in [0.3, 0.4) is 0 Å². The molecule has 0 atom stereocenters. The maximum atomic E-state index is 5.82. The molecule has 3 nitrogen and oxygen atoms in total. The fourth-order valence-corrected chi connectivity index (χ4v) is 2.90. The highest BCUT2D eigenvalue weighted by Crippen LogP contribution is 2.30. The van der Waals surface area contributed by atoms with Crippen molar-refractivity contribution in [2.24, 2.45) is 5.92 Å². The summed E-state index contributed by atoms with van der Waals surface area (Å²) in [6, 6.07) is 6.43. The molecule has 0 aromatic heterocycles. The molecule has 0 radical (unpaired) electrons. The van der Waals surface area contributed by atoms with E-state index in [4.69, 9.17) is 11.5 Å². The Morgan fingerprint density at radius 1 is 1.11 bits per heavy atom.